The predicted octanol–water partition coefficient (Wildman–Crippen LogP) is 3.93. The van der Waals surface area contributed by atoms with Crippen LogP contribution in [0, 0.1) is 11.8 Å². The van der Waals surface area contributed by atoms with Crippen LogP contribution in [-0.4, -0.2) is 22.5 Å². The molecule has 23 heavy (non-hydrogen) atoms. The third kappa shape index (κ3) is 4.85. The molecule has 4 nitrogen and oxygen atoms in total. The molecule has 0 unspecified atom stereocenters. The lowest BCUT2D eigenvalue weighted by Gasteiger charge is -2.28. The highest BCUT2D eigenvalue weighted by atomic mass is 35.5. The van der Waals surface area contributed by atoms with Crippen LogP contribution < -0.4 is 5.32 Å². The molecule has 1 saturated carbocycles. The second-order valence-corrected chi connectivity index (χ2v) is 7.67. The van der Waals surface area contributed by atoms with E-state index in [1.165, 1.54) is 0 Å². The fraction of sp³-hybridized carbons (Fsp3) is 0.529. The number of carboxylic acids is 1. The summed E-state index contributed by atoms with van der Waals surface area (Å²) in [5, 5.41) is 13.2. The highest BCUT2D eigenvalue weighted by Gasteiger charge is 2.35. The van der Waals surface area contributed by atoms with Gasteiger partial charge in [0, 0.05) is 21.5 Å². The minimum atomic E-state index is -0.812. The summed E-state index contributed by atoms with van der Waals surface area (Å²) in [6.45, 7) is 3.86. The Morgan fingerprint density at radius 1 is 1.26 bits per heavy atom. The van der Waals surface area contributed by atoms with Gasteiger partial charge in [0.1, 0.15) is 0 Å². The number of nitrogens with one attached hydrogen (secondary N) is 1. The Kier molecular flexibility index (Phi) is 5.58. The molecule has 1 fully saturated rings. The topological polar surface area (TPSA) is 66.4 Å². The highest BCUT2D eigenvalue weighted by Crippen LogP contribution is 2.32. The molecule has 0 spiro atoms. The van der Waals surface area contributed by atoms with Crippen LogP contribution in [0.1, 0.15) is 38.7 Å². The summed E-state index contributed by atoms with van der Waals surface area (Å²) in [4.78, 5) is 23.4. The summed E-state index contributed by atoms with van der Waals surface area (Å²) < 4.78 is 0. The van der Waals surface area contributed by atoms with Gasteiger partial charge in [0.15, 0.2) is 0 Å². The van der Waals surface area contributed by atoms with Gasteiger partial charge in [-0.05, 0) is 57.2 Å². The van der Waals surface area contributed by atoms with Gasteiger partial charge in [-0.15, -0.1) is 0 Å². The van der Waals surface area contributed by atoms with Crippen LogP contribution in [0.15, 0.2) is 18.2 Å². The molecule has 1 aliphatic carbocycles. The number of aliphatic carboxylic acids is 1. The fourth-order valence-corrected chi connectivity index (χ4v) is 3.54. The van der Waals surface area contributed by atoms with Crippen LogP contribution in [0.25, 0.3) is 0 Å². The van der Waals surface area contributed by atoms with E-state index in [1.807, 2.05) is 19.9 Å². The molecule has 0 saturated heterocycles. The normalized spacial score (nSPS) is 21.2. The van der Waals surface area contributed by atoms with Crippen LogP contribution in [0.2, 0.25) is 10.0 Å². The molecule has 0 heterocycles. The number of halogens is 2. The Labute approximate surface area is 146 Å². The Hall–Kier alpha value is -1.26. The number of hydrogen-bond acceptors (Lipinski definition) is 2. The van der Waals surface area contributed by atoms with Crippen LogP contribution >= 0.6 is 23.2 Å². The van der Waals surface area contributed by atoms with Gasteiger partial charge in [-0.3, -0.25) is 9.59 Å². The van der Waals surface area contributed by atoms with E-state index in [1.54, 1.807) is 12.1 Å². The van der Waals surface area contributed by atoms with Gasteiger partial charge in [0.05, 0.1) is 5.92 Å². The number of rotatable bonds is 5. The summed E-state index contributed by atoms with van der Waals surface area (Å²) in [7, 11) is 0. The standard InChI is InChI=1S/C17H21Cl2NO3/c1-17(2,9-12-5-6-13(18)8-14(12)19)20-15(21)10-3-4-11(7-10)16(22)23/h5-6,8,10-11H,3-4,7,9H2,1-2H3,(H,20,21)(H,22,23)/t10-,11+/m1/s1. The lowest BCUT2D eigenvalue weighted by molar-refractivity contribution is -0.141. The molecule has 6 heteroatoms. The van der Waals surface area contributed by atoms with Crippen LogP contribution in [0.4, 0.5) is 0 Å². The van der Waals surface area contributed by atoms with Gasteiger partial charge in [0.25, 0.3) is 0 Å². The SMILES string of the molecule is CC(C)(Cc1ccc(Cl)cc1Cl)NC(=O)[C@@H]1CC[C@H](C(=O)O)C1. The Morgan fingerprint density at radius 2 is 1.91 bits per heavy atom. The zero-order chi connectivity index (χ0) is 17.2. The molecule has 2 N–H and O–H groups in total. The Balaban J connectivity index is 1.97. The van der Waals surface area contributed by atoms with Crippen molar-refractivity contribution in [1.82, 2.24) is 5.32 Å². The first kappa shape index (κ1) is 18.1. The van der Waals surface area contributed by atoms with Gasteiger partial charge in [-0.2, -0.15) is 0 Å². The molecule has 126 valence electrons. The Bertz CT molecular complexity index is 616. The van der Waals surface area contributed by atoms with Gasteiger partial charge >= 0.3 is 5.97 Å². The van der Waals surface area contributed by atoms with E-state index in [2.05, 4.69) is 5.32 Å². The quantitative estimate of drug-likeness (QED) is 0.838. The summed E-state index contributed by atoms with van der Waals surface area (Å²) in [5.41, 5.74) is 0.437. The zero-order valence-electron chi connectivity index (χ0n) is 13.2. The van der Waals surface area contributed by atoms with Crippen molar-refractivity contribution < 1.29 is 14.7 Å². The second-order valence-electron chi connectivity index (χ2n) is 6.83. The summed E-state index contributed by atoms with van der Waals surface area (Å²) in [6, 6.07) is 5.31. The number of amides is 1. The molecule has 1 aliphatic rings. The van der Waals surface area contributed by atoms with E-state index in [9.17, 15) is 9.59 Å². The first-order valence-electron chi connectivity index (χ1n) is 7.67. The van der Waals surface area contributed by atoms with Crippen molar-refractivity contribution in [3.8, 4) is 0 Å². The molecule has 1 aromatic carbocycles. The van der Waals surface area contributed by atoms with Crippen molar-refractivity contribution in [1.29, 1.82) is 0 Å². The molecule has 0 bridgehead atoms. The van der Waals surface area contributed by atoms with E-state index in [4.69, 9.17) is 28.3 Å². The molecule has 2 rings (SSSR count). The van der Waals surface area contributed by atoms with Crippen LogP contribution in [-0.2, 0) is 16.0 Å². The molecule has 1 amide bonds. The third-order valence-electron chi connectivity index (χ3n) is 4.26. The summed E-state index contributed by atoms with van der Waals surface area (Å²) in [5.74, 6) is -1.52. The van der Waals surface area contributed by atoms with Gasteiger partial charge in [-0.25, -0.2) is 0 Å². The maximum Gasteiger partial charge on any atom is 0.306 e. The maximum atomic E-state index is 12.4. The van der Waals surface area contributed by atoms with Gasteiger partial charge in [-0.1, -0.05) is 29.3 Å². The van der Waals surface area contributed by atoms with E-state index in [0.717, 1.165) is 5.56 Å². The van der Waals surface area contributed by atoms with Crippen molar-refractivity contribution in [2.24, 2.45) is 11.8 Å². The summed E-state index contributed by atoms with van der Waals surface area (Å²) >= 11 is 12.1. The number of carboxylic acid groups (broad SMARTS) is 1. The average Bonchev–Trinajstić information content (AvgIpc) is 2.91. The van der Waals surface area contributed by atoms with E-state index >= 15 is 0 Å². The number of carbonyl (C=O) groups excluding carboxylic acids is 1. The third-order valence-corrected chi connectivity index (χ3v) is 4.85. The van der Waals surface area contributed by atoms with Gasteiger partial charge < -0.3 is 10.4 Å². The van der Waals surface area contributed by atoms with E-state index in [-0.39, 0.29) is 11.8 Å². The fourth-order valence-electron chi connectivity index (χ4n) is 3.06. The molecule has 2 atom stereocenters. The first-order chi connectivity index (χ1) is 10.7. The lowest BCUT2D eigenvalue weighted by Crippen LogP contribution is -2.47. The predicted molar refractivity (Wildman–Crippen MR) is 90.9 cm³/mol. The van der Waals surface area contributed by atoms with Crippen molar-refractivity contribution in [2.45, 2.75) is 45.1 Å². The molecular weight excluding hydrogens is 337 g/mol. The number of carbonyl (C=O) groups is 2. The minimum Gasteiger partial charge on any atom is -0.481 e. The van der Waals surface area contributed by atoms with Crippen molar-refractivity contribution in [3.05, 3.63) is 33.8 Å². The summed E-state index contributed by atoms with van der Waals surface area (Å²) in [6.07, 6.45) is 2.18. The van der Waals surface area contributed by atoms with Gasteiger partial charge in [0.2, 0.25) is 5.91 Å². The monoisotopic (exact) mass is 357 g/mol. The maximum absolute atomic E-state index is 12.4. The van der Waals surface area contributed by atoms with Crippen LogP contribution in [0.5, 0.6) is 0 Å². The van der Waals surface area contributed by atoms with Crippen molar-refractivity contribution in [2.75, 3.05) is 0 Å². The van der Waals surface area contributed by atoms with Crippen molar-refractivity contribution in [3.63, 3.8) is 0 Å². The van der Waals surface area contributed by atoms with E-state index in [0.29, 0.717) is 35.7 Å². The smallest absolute Gasteiger partial charge is 0.306 e. The number of benzene rings is 1. The van der Waals surface area contributed by atoms with Crippen molar-refractivity contribution >= 4 is 35.1 Å². The molecule has 0 aliphatic heterocycles. The molecule has 1 aromatic rings. The Morgan fingerprint density at radius 3 is 2.48 bits per heavy atom. The highest BCUT2D eigenvalue weighted by molar-refractivity contribution is 6.35. The minimum absolute atomic E-state index is 0.0798. The zero-order valence-corrected chi connectivity index (χ0v) is 14.7. The lowest BCUT2D eigenvalue weighted by atomic mass is 9.93. The second kappa shape index (κ2) is 7.10. The molecular formula is C17H21Cl2NO3. The first-order valence-corrected chi connectivity index (χ1v) is 8.42. The van der Waals surface area contributed by atoms with E-state index < -0.39 is 17.4 Å². The largest absolute Gasteiger partial charge is 0.481 e. The average molecular weight is 358 g/mol. The van der Waals surface area contributed by atoms with Crippen LogP contribution in [0.3, 0.4) is 0 Å². The molecule has 0 aromatic heterocycles. The molecule has 0 radical (unpaired) electrons. The number of hydrogen-bond donors (Lipinski definition) is 2.